The van der Waals surface area contributed by atoms with Gasteiger partial charge in [0.05, 0.1) is 0 Å². The first-order valence-corrected chi connectivity index (χ1v) is 7.28. The first kappa shape index (κ1) is 14.7. The third-order valence-corrected chi connectivity index (χ3v) is 3.56. The van der Waals surface area contributed by atoms with Crippen LogP contribution in [0.4, 0.5) is 0 Å². The van der Waals surface area contributed by atoms with Crippen LogP contribution < -0.4 is 5.73 Å². The zero-order valence-electron chi connectivity index (χ0n) is 12.6. The number of benzene rings is 1. The quantitative estimate of drug-likeness (QED) is 0.878. The Hall–Kier alpha value is -1.68. The van der Waals surface area contributed by atoms with Gasteiger partial charge in [0.15, 0.2) is 0 Å². The molecule has 4 heteroatoms. The minimum atomic E-state index is 0.0790. The van der Waals surface area contributed by atoms with Crippen LogP contribution in [0.5, 0.6) is 0 Å². The molecule has 108 valence electrons. The normalized spacial score (nSPS) is 12.6. The molecular formula is C16H24N4. The van der Waals surface area contributed by atoms with E-state index in [1.807, 2.05) is 4.68 Å². The Morgan fingerprint density at radius 2 is 2.05 bits per heavy atom. The standard InChI is InChI=1S/C16H24N4/c1-4-7-20-16(18-11-19-20)10-15(17)9-14-8-12(2)5-6-13(14)3/h5-6,8,11,15H,4,7,9-10,17H2,1-3H3. The average molecular weight is 272 g/mol. The summed E-state index contributed by atoms with van der Waals surface area (Å²) in [5.74, 6) is 0.990. The van der Waals surface area contributed by atoms with Crippen LogP contribution in [0.2, 0.25) is 0 Å². The number of aromatic nitrogens is 3. The Bertz CT molecular complexity index is 559. The number of hydrogen-bond donors (Lipinski definition) is 1. The highest BCUT2D eigenvalue weighted by Gasteiger charge is 2.12. The van der Waals surface area contributed by atoms with Gasteiger partial charge in [0.25, 0.3) is 0 Å². The molecule has 0 fully saturated rings. The van der Waals surface area contributed by atoms with Crippen LogP contribution >= 0.6 is 0 Å². The molecule has 0 aliphatic heterocycles. The van der Waals surface area contributed by atoms with Gasteiger partial charge in [-0.25, -0.2) is 4.98 Å². The molecule has 0 saturated heterocycles. The monoisotopic (exact) mass is 272 g/mol. The molecule has 1 aromatic heterocycles. The van der Waals surface area contributed by atoms with Crippen LogP contribution in [0, 0.1) is 13.8 Å². The molecule has 4 nitrogen and oxygen atoms in total. The predicted molar refractivity (Wildman–Crippen MR) is 81.6 cm³/mol. The molecule has 0 radical (unpaired) electrons. The molecule has 0 saturated carbocycles. The summed E-state index contributed by atoms with van der Waals surface area (Å²) in [6.07, 6.45) is 4.33. The fourth-order valence-electron chi connectivity index (χ4n) is 2.45. The lowest BCUT2D eigenvalue weighted by Crippen LogP contribution is -2.27. The smallest absolute Gasteiger partial charge is 0.138 e. The van der Waals surface area contributed by atoms with Crippen molar-refractivity contribution in [3.05, 3.63) is 47.0 Å². The highest BCUT2D eigenvalue weighted by molar-refractivity contribution is 5.31. The Balaban J connectivity index is 2.03. The van der Waals surface area contributed by atoms with Gasteiger partial charge in [0, 0.05) is 19.0 Å². The van der Waals surface area contributed by atoms with E-state index in [-0.39, 0.29) is 6.04 Å². The van der Waals surface area contributed by atoms with Gasteiger partial charge in [-0.2, -0.15) is 5.10 Å². The van der Waals surface area contributed by atoms with Crippen LogP contribution in [-0.4, -0.2) is 20.8 Å². The van der Waals surface area contributed by atoms with Gasteiger partial charge in [0.1, 0.15) is 12.2 Å². The molecule has 2 N–H and O–H groups in total. The minimum Gasteiger partial charge on any atom is -0.327 e. The summed E-state index contributed by atoms with van der Waals surface area (Å²) in [6.45, 7) is 7.31. The van der Waals surface area contributed by atoms with Crippen LogP contribution in [0.25, 0.3) is 0 Å². The topological polar surface area (TPSA) is 56.7 Å². The molecule has 0 aliphatic carbocycles. The number of nitrogens with zero attached hydrogens (tertiary/aromatic N) is 3. The number of nitrogens with two attached hydrogens (primary N) is 1. The van der Waals surface area contributed by atoms with Crippen LogP contribution in [0.3, 0.4) is 0 Å². The molecule has 1 unspecified atom stereocenters. The molecule has 0 bridgehead atoms. The maximum absolute atomic E-state index is 6.30. The Morgan fingerprint density at radius 1 is 1.25 bits per heavy atom. The molecule has 2 rings (SSSR count). The first-order valence-electron chi connectivity index (χ1n) is 7.28. The van der Waals surface area contributed by atoms with Gasteiger partial charge in [-0.1, -0.05) is 30.7 Å². The molecule has 0 aliphatic rings. The molecule has 0 spiro atoms. The lowest BCUT2D eigenvalue weighted by molar-refractivity contribution is 0.540. The second-order valence-electron chi connectivity index (χ2n) is 5.50. The Labute approximate surface area is 121 Å². The number of rotatable bonds is 6. The Morgan fingerprint density at radius 3 is 2.80 bits per heavy atom. The van der Waals surface area contributed by atoms with Crippen molar-refractivity contribution in [3.8, 4) is 0 Å². The summed E-state index contributed by atoms with van der Waals surface area (Å²) in [5, 5.41) is 4.25. The first-order chi connectivity index (χ1) is 9.60. The van der Waals surface area contributed by atoms with E-state index in [1.54, 1.807) is 6.33 Å². The van der Waals surface area contributed by atoms with E-state index in [4.69, 9.17) is 5.73 Å². The van der Waals surface area contributed by atoms with E-state index >= 15 is 0 Å². The van der Waals surface area contributed by atoms with Gasteiger partial charge in [0.2, 0.25) is 0 Å². The molecule has 20 heavy (non-hydrogen) atoms. The highest BCUT2D eigenvalue weighted by atomic mass is 15.3. The van der Waals surface area contributed by atoms with E-state index in [0.717, 1.165) is 31.6 Å². The van der Waals surface area contributed by atoms with Crippen LogP contribution in [-0.2, 0) is 19.4 Å². The minimum absolute atomic E-state index is 0.0790. The second kappa shape index (κ2) is 6.66. The molecule has 2 aromatic rings. The van der Waals surface area contributed by atoms with Crippen molar-refractivity contribution in [2.24, 2.45) is 5.73 Å². The van der Waals surface area contributed by atoms with Gasteiger partial charge < -0.3 is 5.73 Å². The largest absolute Gasteiger partial charge is 0.327 e. The third kappa shape index (κ3) is 3.67. The van der Waals surface area contributed by atoms with Crippen molar-refractivity contribution in [2.75, 3.05) is 0 Å². The lowest BCUT2D eigenvalue weighted by Gasteiger charge is -2.14. The maximum Gasteiger partial charge on any atom is 0.138 e. The third-order valence-electron chi connectivity index (χ3n) is 3.56. The van der Waals surface area contributed by atoms with Crippen LogP contribution in [0.1, 0.15) is 35.9 Å². The Kier molecular flexibility index (Phi) is 4.90. The molecule has 1 aromatic carbocycles. The van der Waals surface area contributed by atoms with Crippen LogP contribution in [0.15, 0.2) is 24.5 Å². The average Bonchev–Trinajstić information content (AvgIpc) is 2.82. The molecule has 1 heterocycles. The predicted octanol–water partition coefficient (Wildman–Crippen LogP) is 2.42. The van der Waals surface area contributed by atoms with E-state index in [1.165, 1.54) is 16.7 Å². The fraction of sp³-hybridized carbons (Fsp3) is 0.500. The maximum atomic E-state index is 6.30. The lowest BCUT2D eigenvalue weighted by atomic mass is 9.98. The molecular weight excluding hydrogens is 248 g/mol. The zero-order valence-corrected chi connectivity index (χ0v) is 12.6. The summed E-state index contributed by atoms with van der Waals surface area (Å²) < 4.78 is 1.96. The van der Waals surface area contributed by atoms with Gasteiger partial charge in [-0.05, 0) is 37.8 Å². The van der Waals surface area contributed by atoms with Gasteiger partial charge in [-0.15, -0.1) is 0 Å². The van der Waals surface area contributed by atoms with E-state index in [0.29, 0.717) is 0 Å². The van der Waals surface area contributed by atoms with Crippen molar-refractivity contribution in [2.45, 2.75) is 52.6 Å². The summed E-state index contributed by atoms with van der Waals surface area (Å²) in [5.41, 5.74) is 10.2. The van der Waals surface area contributed by atoms with E-state index in [9.17, 15) is 0 Å². The van der Waals surface area contributed by atoms with Crippen molar-refractivity contribution in [1.29, 1.82) is 0 Å². The molecule has 0 amide bonds. The van der Waals surface area contributed by atoms with Crippen molar-refractivity contribution >= 4 is 0 Å². The summed E-state index contributed by atoms with van der Waals surface area (Å²) in [4.78, 5) is 4.33. The summed E-state index contributed by atoms with van der Waals surface area (Å²) in [7, 11) is 0. The summed E-state index contributed by atoms with van der Waals surface area (Å²) >= 11 is 0. The van der Waals surface area contributed by atoms with Crippen molar-refractivity contribution < 1.29 is 0 Å². The highest BCUT2D eigenvalue weighted by Crippen LogP contribution is 2.13. The van der Waals surface area contributed by atoms with E-state index in [2.05, 4.69) is 49.1 Å². The van der Waals surface area contributed by atoms with Gasteiger partial charge >= 0.3 is 0 Å². The van der Waals surface area contributed by atoms with E-state index < -0.39 is 0 Å². The van der Waals surface area contributed by atoms with Crippen molar-refractivity contribution in [3.63, 3.8) is 0 Å². The number of hydrogen-bond acceptors (Lipinski definition) is 3. The summed E-state index contributed by atoms with van der Waals surface area (Å²) in [6, 6.07) is 6.61. The fourth-order valence-corrected chi connectivity index (χ4v) is 2.45. The number of aryl methyl sites for hydroxylation is 3. The van der Waals surface area contributed by atoms with Gasteiger partial charge in [-0.3, -0.25) is 4.68 Å². The SMILES string of the molecule is CCCn1ncnc1CC(N)Cc1cc(C)ccc1C. The second-order valence-corrected chi connectivity index (χ2v) is 5.50. The zero-order chi connectivity index (χ0) is 14.5. The van der Waals surface area contributed by atoms with Crippen molar-refractivity contribution in [1.82, 2.24) is 14.8 Å². The molecule has 1 atom stereocenters.